The van der Waals surface area contributed by atoms with Crippen molar-refractivity contribution in [1.82, 2.24) is 4.90 Å². The average molecular weight is 285 g/mol. The summed E-state index contributed by atoms with van der Waals surface area (Å²) >= 11 is 1.79. The van der Waals surface area contributed by atoms with Crippen molar-refractivity contribution < 1.29 is 5.11 Å². The summed E-state index contributed by atoms with van der Waals surface area (Å²) < 4.78 is 0. The fraction of sp³-hybridized carbons (Fsp3) is 0.294. The first-order chi connectivity index (χ1) is 9.72. The Morgan fingerprint density at radius 2 is 2.05 bits per heavy atom. The molecular weight excluding hydrogens is 266 g/mol. The first-order valence-electron chi connectivity index (χ1n) is 6.63. The predicted molar refractivity (Wildman–Crippen MR) is 84.6 cm³/mol. The highest BCUT2D eigenvalue weighted by atomic mass is 32.1. The van der Waals surface area contributed by atoms with Crippen LogP contribution in [0.25, 0.3) is 0 Å². The van der Waals surface area contributed by atoms with Crippen LogP contribution in [0.2, 0.25) is 0 Å². The molecule has 2 aromatic rings. The highest BCUT2D eigenvalue weighted by molar-refractivity contribution is 7.10. The number of nitrogens with zero attached hydrogens (tertiary/aromatic N) is 1. The molecule has 0 aliphatic heterocycles. The van der Waals surface area contributed by atoms with Crippen molar-refractivity contribution in [2.75, 3.05) is 13.7 Å². The van der Waals surface area contributed by atoms with Gasteiger partial charge in [0, 0.05) is 23.0 Å². The minimum absolute atomic E-state index is 0.101. The molecule has 0 spiro atoms. The second kappa shape index (κ2) is 7.25. The summed E-state index contributed by atoms with van der Waals surface area (Å²) in [6.07, 6.45) is 0. The lowest BCUT2D eigenvalue weighted by molar-refractivity contribution is 0.256. The lowest BCUT2D eigenvalue weighted by Gasteiger charge is -2.24. The molecule has 20 heavy (non-hydrogen) atoms. The van der Waals surface area contributed by atoms with E-state index < -0.39 is 0 Å². The number of thiophene rings is 1. The third-order valence-electron chi connectivity index (χ3n) is 3.36. The second-order valence-corrected chi connectivity index (χ2v) is 5.70. The summed E-state index contributed by atoms with van der Waals surface area (Å²) in [7, 11) is 2.13. The molecule has 0 saturated heterocycles. The van der Waals surface area contributed by atoms with E-state index in [1.807, 2.05) is 18.2 Å². The Bertz CT molecular complexity index is 595. The van der Waals surface area contributed by atoms with Gasteiger partial charge in [0.05, 0.1) is 0 Å². The zero-order valence-corrected chi connectivity index (χ0v) is 12.7. The molecule has 0 saturated carbocycles. The smallest absolute Gasteiger partial charge is 0.104 e. The van der Waals surface area contributed by atoms with Crippen molar-refractivity contribution in [2.24, 2.45) is 0 Å². The van der Waals surface area contributed by atoms with E-state index in [2.05, 4.69) is 54.3 Å². The molecule has 0 radical (unpaired) electrons. The molecule has 0 aliphatic rings. The molecule has 1 unspecified atom stereocenters. The Morgan fingerprint density at radius 3 is 2.75 bits per heavy atom. The minimum Gasteiger partial charge on any atom is -0.384 e. The number of hydrogen-bond donors (Lipinski definition) is 1. The summed E-state index contributed by atoms with van der Waals surface area (Å²) in [5, 5.41) is 10.9. The summed E-state index contributed by atoms with van der Waals surface area (Å²) in [4.78, 5) is 3.68. The normalized spacial score (nSPS) is 12.0. The maximum atomic E-state index is 8.83. The fourth-order valence-electron chi connectivity index (χ4n) is 2.07. The Labute approximate surface area is 124 Å². The molecule has 1 N–H and O–H groups in total. The lowest BCUT2D eigenvalue weighted by Crippen LogP contribution is -2.21. The Balaban J connectivity index is 2.13. The van der Waals surface area contributed by atoms with E-state index in [0.717, 1.165) is 12.1 Å². The Hall–Kier alpha value is -1.60. The largest absolute Gasteiger partial charge is 0.384 e. The van der Waals surface area contributed by atoms with Gasteiger partial charge in [-0.3, -0.25) is 4.90 Å². The van der Waals surface area contributed by atoms with Crippen LogP contribution in [0.15, 0.2) is 41.8 Å². The summed E-state index contributed by atoms with van der Waals surface area (Å²) in [5.41, 5.74) is 2.19. The molecule has 104 valence electrons. The van der Waals surface area contributed by atoms with E-state index in [1.54, 1.807) is 11.3 Å². The molecule has 0 fully saturated rings. The average Bonchev–Trinajstić information content (AvgIpc) is 2.99. The van der Waals surface area contributed by atoms with Gasteiger partial charge in [-0.25, -0.2) is 0 Å². The molecule has 0 amide bonds. The summed E-state index contributed by atoms with van der Waals surface area (Å²) in [6, 6.07) is 12.7. The van der Waals surface area contributed by atoms with E-state index in [1.165, 1.54) is 10.4 Å². The van der Waals surface area contributed by atoms with E-state index in [9.17, 15) is 0 Å². The van der Waals surface area contributed by atoms with E-state index in [0.29, 0.717) is 6.04 Å². The third kappa shape index (κ3) is 3.71. The molecule has 2 rings (SSSR count). The minimum atomic E-state index is -0.101. The number of rotatable bonds is 4. The van der Waals surface area contributed by atoms with E-state index >= 15 is 0 Å². The van der Waals surface area contributed by atoms with Crippen molar-refractivity contribution in [1.29, 1.82) is 0 Å². The SMILES string of the molecule is CC(c1cccs1)N(C)Cc1ccccc1C#CCO. The van der Waals surface area contributed by atoms with Gasteiger partial charge in [0.15, 0.2) is 0 Å². The van der Waals surface area contributed by atoms with Crippen LogP contribution >= 0.6 is 11.3 Å². The first-order valence-corrected chi connectivity index (χ1v) is 7.51. The standard InChI is InChI=1S/C17H19NOS/c1-14(17-10-6-12-20-17)18(2)13-16-8-4-3-7-15(16)9-5-11-19/h3-4,6-8,10,12,14,19H,11,13H2,1-2H3. The highest BCUT2D eigenvalue weighted by Gasteiger charge is 2.13. The van der Waals surface area contributed by atoms with E-state index in [4.69, 9.17) is 5.11 Å². The van der Waals surface area contributed by atoms with Crippen LogP contribution in [0.3, 0.4) is 0 Å². The summed E-state index contributed by atoms with van der Waals surface area (Å²) in [6.45, 7) is 2.96. The van der Waals surface area contributed by atoms with Gasteiger partial charge in [-0.2, -0.15) is 0 Å². The molecule has 1 aromatic heterocycles. The topological polar surface area (TPSA) is 23.5 Å². The van der Waals surface area contributed by atoms with Gasteiger partial charge in [0.25, 0.3) is 0 Å². The van der Waals surface area contributed by atoms with Gasteiger partial charge in [-0.15, -0.1) is 11.3 Å². The van der Waals surface area contributed by atoms with Crippen LogP contribution in [-0.2, 0) is 6.54 Å². The van der Waals surface area contributed by atoms with Crippen LogP contribution in [0.4, 0.5) is 0 Å². The maximum absolute atomic E-state index is 8.83. The first kappa shape index (κ1) is 14.8. The zero-order chi connectivity index (χ0) is 14.4. The van der Waals surface area contributed by atoms with Crippen LogP contribution < -0.4 is 0 Å². The Kier molecular flexibility index (Phi) is 5.37. The van der Waals surface area contributed by atoms with Crippen LogP contribution in [-0.4, -0.2) is 23.7 Å². The van der Waals surface area contributed by atoms with Gasteiger partial charge in [0.2, 0.25) is 0 Å². The molecular formula is C17H19NOS. The summed E-state index contributed by atoms with van der Waals surface area (Å²) in [5.74, 6) is 5.74. The van der Waals surface area contributed by atoms with Crippen molar-refractivity contribution >= 4 is 11.3 Å². The van der Waals surface area contributed by atoms with Crippen LogP contribution in [0, 0.1) is 11.8 Å². The van der Waals surface area contributed by atoms with Crippen LogP contribution in [0.5, 0.6) is 0 Å². The van der Waals surface area contributed by atoms with Crippen molar-refractivity contribution in [2.45, 2.75) is 19.5 Å². The number of benzene rings is 1. The van der Waals surface area contributed by atoms with Crippen molar-refractivity contribution in [3.8, 4) is 11.8 Å². The van der Waals surface area contributed by atoms with Gasteiger partial charge in [0.1, 0.15) is 6.61 Å². The lowest BCUT2D eigenvalue weighted by atomic mass is 10.1. The maximum Gasteiger partial charge on any atom is 0.104 e. The molecule has 2 nitrogen and oxygen atoms in total. The quantitative estimate of drug-likeness (QED) is 0.871. The number of aliphatic hydroxyl groups excluding tert-OH is 1. The molecule has 1 heterocycles. The number of hydrogen-bond acceptors (Lipinski definition) is 3. The molecule has 1 aromatic carbocycles. The fourth-order valence-corrected chi connectivity index (χ4v) is 2.91. The van der Waals surface area contributed by atoms with Gasteiger partial charge >= 0.3 is 0 Å². The van der Waals surface area contributed by atoms with Crippen molar-refractivity contribution in [3.05, 3.63) is 57.8 Å². The van der Waals surface area contributed by atoms with Gasteiger partial charge < -0.3 is 5.11 Å². The third-order valence-corrected chi connectivity index (χ3v) is 4.40. The highest BCUT2D eigenvalue weighted by Crippen LogP contribution is 2.25. The zero-order valence-electron chi connectivity index (χ0n) is 11.8. The predicted octanol–water partition coefficient (Wildman–Crippen LogP) is 3.28. The second-order valence-electron chi connectivity index (χ2n) is 4.72. The molecule has 1 atom stereocenters. The Morgan fingerprint density at radius 1 is 1.25 bits per heavy atom. The van der Waals surface area contributed by atoms with Gasteiger partial charge in [-0.1, -0.05) is 36.1 Å². The molecule has 3 heteroatoms. The van der Waals surface area contributed by atoms with Crippen LogP contribution in [0.1, 0.15) is 29.0 Å². The molecule has 0 aliphatic carbocycles. The van der Waals surface area contributed by atoms with E-state index in [-0.39, 0.29) is 6.61 Å². The monoisotopic (exact) mass is 285 g/mol. The van der Waals surface area contributed by atoms with Crippen molar-refractivity contribution in [3.63, 3.8) is 0 Å². The van der Waals surface area contributed by atoms with Gasteiger partial charge in [-0.05, 0) is 37.0 Å². The molecule has 0 bridgehead atoms. The number of aliphatic hydroxyl groups is 1.